The van der Waals surface area contributed by atoms with Crippen molar-refractivity contribution in [2.75, 3.05) is 0 Å². The van der Waals surface area contributed by atoms with E-state index in [1.807, 2.05) is 12.1 Å². The largest absolute Gasteiger partial charge is 0.461 e. The normalized spacial score (nSPS) is 13.1. The second-order valence-electron chi connectivity index (χ2n) is 4.54. The molecule has 0 radical (unpaired) electrons. The smallest absolute Gasteiger partial charge is 0.134 e. The quantitative estimate of drug-likeness (QED) is 0.844. The molecule has 0 saturated carbocycles. The lowest BCUT2D eigenvalue weighted by Crippen LogP contribution is -2.24. The molecule has 1 heterocycles. The van der Waals surface area contributed by atoms with Gasteiger partial charge in [-0.15, -0.1) is 0 Å². The van der Waals surface area contributed by atoms with E-state index in [4.69, 9.17) is 4.42 Å². The summed E-state index contributed by atoms with van der Waals surface area (Å²) in [6.45, 7) is 7.46. The molecule has 2 nitrogen and oxygen atoms in total. The summed E-state index contributed by atoms with van der Waals surface area (Å²) in [6, 6.07) is 8.84. The van der Waals surface area contributed by atoms with Gasteiger partial charge in [0.1, 0.15) is 11.3 Å². The van der Waals surface area contributed by atoms with Crippen molar-refractivity contribution in [3.05, 3.63) is 35.6 Å². The second kappa shape index (κ2) is 5.37. The van der Waals surface area contributed by atoms with E-state index in [2.05, 4.69) is 38.2 Å². The Morgan fingerprint density at radius 1 is 1.24 bits per heavy atom. The van der Waals surface area contributed by atoms with E-state index in [0.717, 1.165) is 30.7 Å². The van der Waals surface area contributed by atoms with Crippen LogP contribution in [-0.4, -0.2) is 6.04 Å². The Kier molecular flexibility index (Phi) is 3.85. The number of fused-ring (bicyclic) bond motifs is 1. The first-order valence-corrected chi connectivity index (χ1v) is 6.48. The van der Waals surface area contributed by atoms with E-state index in [1.165, 1.54) is 10.9 Å². The van der Waals surface area contributed by atoms with Crippen molar-refractivity contribution in [1.82, 2.24) is 5.32 Å². The van der Waals surface area contributed by atoms with Gasteiger partial charge in [-0.1, -0.05) is 32.0 Å². The van der Waals surface area contributed by atoms with Gasteiger partial charge in [-0.25, -0.2) is 0 Å². The highest BCUT2D eigenvalue weighted by molar-refractivity contribution is 5.82. The zero-order valence-corrected chi connectivity index (χ0v) is 10.9. The molecule has 2 rings (SSSR count). The van der Waals surface area contributed by atoms with Gasteiger partial charge in [-0.3, -0.25) is 0 Å². The van der Waals surface area contributed by atoms with Crippen LogP contribution in [0.4, 0.5) is 0 Å². The molecule has 0 aliphatic carbocycles. The van der Waals surface area contributed by atoms with E-state index in [1.54, 1.807) is 0 Å². The number of para-hydroxylation sites is 1. The molecule has 0 spiro atoms. The molecule has 0 amide bonds. The molecule has 92 valence electrons. The van der Waals surface area contributed by atoms with Crippen LogP contribution in [0, 0.1) is 0 Å². The highest BCUT2D eigenvalue weighted by Crippen LogP contribution is 2.26. The van der Waals surface area contributed by atoms with Crippen molar-refractivity contribution in [1.29, 1.82) is 0 Å². The number of hydrogen-bond acceptors (Lipinski definition) is 2. The van der Waals surface area contributed by atoms with Crippen molar-refractivity contribution in [2.24, 2.45) is 0 Å². The lowest BCUT2D eigenvalue weighted by molar-refractivity contribution is 0.513. The Balaban J connectivity index is 2.30. The SMILES string of the molecule is CCc1oc2ccccc2c1CNC(C)CC. The van der Waals surface area contributed by atoms with E-state index in [0.29, 0.717) is 6.04 Å². The van der Waals surface area contributed by atoms with Gasteiger partial charge in [0.25, 0.3) is 0 Å². The van der Waals surface area contributed by atoms with Crippen molar-refractivity contribution in [3.8, 4) is 0 Å². The Hall–Kier alpha value is -1.28. The molecule has 1 aromatic carbocycles. The summed E-state index contributed by atoms with van der Waals surface area (Å²) in [5.41, 5.74) is 2.33. The number of hydrogen-bond donors (Lipinski definition) is 1. The summed E-state index contributed by atoms with van der Waals surface area (Å²) in [7, 11) is 0. The summed E-state index contributed by atoms with van der Waals surface area (Å²) in [5.74, 6) is 1.11. The standard InChI is InChI=1S/C15H21NO/c1-4-11(3)16-10-13-12-8-6-7-9-15(12)17-14(13)5-2/h6-9,11,16H,4-5,10H2,1-3H3. The molecule has 1 atom stereocenters. The Labute approximate surface area is 103 Å². The zero-order chi connectivity index (χ0) is 12.3. The van der Waals surface area contributed by atoms with Crippen LogP contribution in [0.5, 0.6) is 0 Å². The summed E-state index contributed by atoms with van der Waals surface area (Å²) in [5, 5.41) is 4.79. The van der Waals surface area contributed by atoms with Crippen molar-refractivity contribution in [2.45, 2.75) is 46.2 Å². The third-order valence-electron chi connectivity index (χ3n) is 3.34. The van der Waals surface area contributed by atoms with Crippen LogP contribution in [-0.2, 0) is 13.0 Å². The summed E-state index contributed by atoms with van der Waals surface area (Å²) < 4.78 is 5.87. The fourth-order valence-corrected chi connectivity index (χ4v) is 2.05. The lowest BCUT2D eigenvalue weighted by atomic mass is 10.1. The molecule has 2 heteroatoms. The molecular formula is C15H21NO. The van der Waals surface area contributed by atoms with Crippen LogP contribution in [0.3, 0.4) is 0 Å². The number of nitrogens with one attached hydrogen (secondary N) is 1. The minimum atomic E-state index is 0.549. The Morgan fingerprint density at radius 3 is 2.71 bits per heavy atom. The minimum absolute atomic E-state index is 0.549. The van der Waals surface area contributed by atoms with E-state index in [-0.39, 0.29) is 0 Å². The van der Waals surface area contributed by atoms with Crippen molar-refractivity contribution in [3.63, 3.8) is 0 Å². The monoisotopic (exact) mass is 231 g/mol. The lowest BCUT2D eigenvalue weighted by Gasteiger charge is -2.11. The maximum atomic E-state index is 5.87. The van der Waals surface area contributed by atoms with Gasteiger partial charge in [0.05, 0.1) is 0 Å². The average Bonchev–Trinajstić information content (AvgIpc) is 2.73. The van der Waals surface area contributed by atoms with Gasteiger partial charge in [0.15, 0.2) is 0 Å². The van der Waals surface area contributed by atoms with Crippen LogP contribution in [0.2, 0.25) is 0 Å². The molecule has 1 aromatic heterocycles. The zero-order valence-electron chi connectivity index (χ0n) is 10.9. The summed E-state index contributed by atoms with van der Waals surface area (Å²) in [4.78, 5) is 0. The molecular weight excluding hydrogens is 210 g/mol. The number of aryl methyl sites for hydroxylation is 1. The third kappa shape index (κ3) is 2.52. The summed E-state index contributed by atoms with van der Waals surface area (Å²) >= 11 is 0. The van der Waals surface area contributed by atoms with Crippen molar-refractivity contribution < 1.29 is 4.42 Å². The summed E-state index contributed by atoms with van der Waals surface area (Å²) in [6.07, 6.45) is 2.10. The second-order valence-corrected chi connectivity index (χ2v) is 4.54. The van der Waals surface area contributed by atoms with Gasteiger partial charge in [-0.2, -0.15) is 0 Å². The van der Waals surface area contributed by atoms with Gasteiger partial charge >= 0.3 is 0 Å². The first kappa shape index (κ1) is 12.2. The molecule has 1 unspecified atom stereocenters. The van der Waals surface area contributed by atoms with Gasteiger partial charge < -0.3 is 9.73 Å². The molecule has 2 aromatic rings. The first-order valence-electron chi connectivity index (χ1n) is 6.48. The van der Waals surface area contributed by atoms with Crippen LogP contribution < -0.4 is 5.32 Å². The van der Waals surface area contributed by atoms with Gasteiger partial charge in [0.2, 0.25) is 0 Å². The first-order chi connectivity index (χ1) is 8.26. The fourth-order valence-electron chi connectivity index (χ4n) is 2.05. The molecule has 1 N–H and O–H groups in total. The highest BCUT2D eigenvalue weighted by atomic mass is 16.3. The van der Waals surface area contributed by atoms with E-state index in [9.17, 15) is 0 Å². The molecule has 0 bridgehead atoms. The third-order valence-corrected chi connectivity index (χ3v) is 3.34. The van der Waals surface area contributed by atoms with Gasteiger partial charge in [0, 0.05) is 30.0 Å². The Bertz CT molecular complexity index is 487. The molecule has 0 aliphatic heterocycles. The minimum Gasteiger partial charge on any atom is -0.461 e. The fraction of sp³-hybridized carbons (Fsp3) is 0.467. The topological polar surface area (TPSA) is 25.2 Å². The molecule has 17 heavy (non-hydrogen) atoms. The van der Waals surface area contributed by atoms with Gasteiger partial charge in [-0.05, 0) is 19.4 Å². The predicted octanol–water partition coefficient (Wildman–Crippen LogP) is 3.88. The number of rotatable bonds is 5. The number of furan rings is 1. The molecule has 0 saturated heterocycles. The predicted molar refractivity (Wildman–Crippen MR) is 72.2 cm³/mol. The maximum Gasteiger partial charge on any atom is 0.134 e. The average molecular weight is 231 g/mol. The van der Waals surface area contributed by atoms with Crippen LogP contribution in [0.15, 0.2) is 28.7 Å². The van der Waals surface area contributed by atoms with Crippen LogP contribution >= 0.6 is 0 Å². The van der Waals surface area contributed by atoms with Crippen LogP contribution in [0.1, 0.15) is 38.5 Å². The van der Waals surface area contributed by atoms with Crippen molar-refractivity contribution >= 4 is 11.0 Å². The molecule has 0 fully saturated rings. The number of benzene rings is 1. The Morgan fingerprint density at radius 2 is 2.00 bits per heavy atom. The van der Waals surface area contributed by atoms with Crippen LogP contribution in [0.25, 0.3) is 11.0 Å². The maximum absolute atomic E-state index is 5.87. The van der Waals surface area contributed by atoms with E-state index >= 15 is 0 Å². The molecule has 0 aliphatic rings. The van der Waals surface area contributed by atoms with E-state index < -0.39 is 0 Å². The highest BCUT2D eigenvalue weighted by Gasteiger charge is 2.12.